The monoisotopic (exact) mass is 140 g/mol. The van der Waals surface area contributed by atoms with Crippen molar-refractivity contribution in [3.63, 3.8) is 0 Å². The van der Waals surface area contributed by atoms with Gasteiger partial charge < -0.3 is 4.98 Å². The Balaban J connectivity index is 2.70. The van der Waals surface area contributed by atoms with Crippen molar-refractivity contribution < 1.29 is 9.88 Å². The number of rotatable bonds is 0. The zero-order valence-corrected chi connectivity index (χ0v) is 4.88. The van der Waals surface area contributed by atoms with E-state index < -0.39 is 0 Å². The molecule has 5 heteroatoms. The summed E-state index contributed by atoms with van der Waals surface area (Å²) < 4.78 is 0. The molecule has 0 aromatic carbocycles. The lowest BCUT2D eigenvalue weighted by molar-refractivity contribution is -0.163. The van der Waals surface area contributed by atoms with Crippen molar-refractivity contribution in [1.29, 1.82) is 0 Å². The van der Waals surface area contributed by atoms with Gasteiger partial charge in [0.2, 0.25) is 5.43 Å². The molecule has 10 heavy (non-hydrogen) atoms. The first-order chi connectivity index (χ1) is 4.88. The lowest BCUT2D eigenvalue weighted by Gasteiger charge is -1.87. The molecular formula is C5H4N2O3. The Hall–Kier alpha value is -1.49. The zero-order valence-electron chi connectivity index (χ0n) is 4.88. The Kier molecular flexibility index (Phi) is 0.925. The lowest BCUT2D eigenvalue weighted by atomic mass is 10.4. The van der Waals surface area contributed by atoms with Crippen LogP contribution in [-0.2, 0) is 4.99 Å². The van der Waals surface area contributed by atoms with E-state index in [1.807, 2.05) is 0 Å². The van der Waals surface area contributed by atoms with Crippen LogP contribution in [0.2, 0.25) is 0 Å². The van der Waals surface area contributed by atoms with E-state index in [4.69, 9.17) is 0 Å². The summed E-state index contributed by atoms with van der Waals surface area (Å²) in [5.41, 5.74) is 2.45. The standard InChI is InChI=1S/C5H4N2O3/c8-3-1-2-6-5-4(3)7-10-9-5/h1-2,7H,(H,6,8). The van der Waals surface area contributed by atoms with E-state index in [9.17, 15) is 4.79 Å². The number of fused-ring (bicyclic) bond motifs is 1. The van der Waals surface area contributed by atoms with E-state index in [1.54, 1.807) is 0 Å². The first-order valence-corrected chi connectivity index (χ1v) is 2.69. The van der Waals surface area contributed by atoms with Crippen molar-refractivity contribution in [2.75, 3.05) is 5.48 Å². The molecule has 0 saturated heterocycles. The summed E-state index contributed by atoms with van der Waals surface area (Å²) in [6.45, 7) is 0. The summed E-state index contributed by atoms with van der Waals surface area (Å²) in [7, 11) is 0. The molecule has 52 valence electrons. The van der Waals surface area contributed by atoms with Gasteiger partial charge in [-0.1, -0.05) is 4.99 Å². The van der Waals surface area contributed by atoms with Gasteiger partial charge in [0.15, 0.2) is 5.69 Å². The van der Waals surface area contributed by atoms with Crippen LogP contribution in [0.4, 0.5) is 5.69 Å². The predicted octanol–water partition coefficient (Wildman–Crippen LogP) is 0.0258. The summed E-state index contributed by atoms with van der Waals surface area (Å²) in [5, 5.41) is 0. The van der Waals surface area contributed by atoms with Crippen molar-refractivity contribution in [1.82, 2.24) is 4.98 Å². The number of hydrogen-bond acceptors (Lipinski definition) is 4. The first-order valence-electron chi connectivity index (χ1n) is 2.69. The fraction of sp³-hybridized carbons (Fsp3) is 0. The van der Waals surface area contributed by atoms with Crippen LogP contribution in [0, 0.1) is 0 Å². The number of pyridine rings is 1. The van der Waals surface area contributed by atoms with Crippen LogP contribution >= 0.6 is 0 Å². The molecule has 2 heterocycles. The third-order valence-electron chi connectivity index (χ3n) is 1.19. The summed E-state index contributed by atoms with van der Waals surface area (Å²) in [6, 6.07) is 1.38. The Morgan fingerprint density at radius 1 is 1.50 bits per heavy atom. The average Bonchev–Trinajstić information content (AvgIpc) is 2.36. The molecule has 0 amide bonds. The van der Waals surface area contributed by atoms with Crippen LogP contribution < -0.4 is 15.8 Å². The van der Waals surface area contributed by atoms with E-state index >= 15 is 0 Å². The van der Waals surface area contributed by atoms with E-state index in [2.05, 4.69) is 20.3 Å². The molecule has 2 rings (SSSR count). The van der Waals surface area contributed by atoms with Crippen LogP contribution in [0.25, 0.3) is 0 Å². The molecule has 1 aromatic rings. The molecule has 5 nitrogen and oxygen atoms in total. The highest BCUT2D eigenvalue weighted by molar-refractivity contribution is 5.51. The molecule has 0 unspecified atom stereocenters. The minimum Gasteiger partial charge on any atom is -0.328 e. The molecule has 0 radical (unpaired) electrons. The normalized spacial score (nSPS) is 13.6. The van der Waals surface area contributed by atoms with E-state index in [1.165, 1.54) is 12.3 Å². The molecule has 1 aliphatic heterocycles. The van der Waals surface area contributed by atoms with Gasteiger partial charge >= 0.3 is 0 Å². The van der Waals surface area contributed by atoms with E-state index in [-0.39, 0.29) is 5.43 Å². The van der Waals surface area contributed by atoms with E-state index in [0.29, 0.717) is 11.6 Å². The topological polar surface area (TPSA) is 63.4 Å². The second-order valence-corrected chi connectivity index (χ2v) is 1.81. The fourth-order valence-corrected chi connectivity index (χ4v) is 0.727. The van der Waals surface area contributed by atoms with Gasteiger partial charge in [-0.15, -0.1) is 0 Å². The van der Waals surface area contributed by atoms with Crippen LogP contribution in [0.15, 0.2) is 17.1 Å². The Morgan fingerprint density at radius 3 is 3.20 bits per heavy atom. The van der Waals surface area contributed by atoms with Gasteiger partial charge in [0.25, 0.3) is 5.88 Å². The minimum atomic E-state index is -0.161. The smallest absolute Gasteiger partial charge is 0.267 e. The summed E-state index contributed by atoms with van der Waals surface area (Å²) in [5.74, 6) is 0.313. The number of nitrogens with one attached hydrogen (secondary N) is 2. The number of aromatic nitrogens is 1. The third kappa shape index (κ3) is 0.577. The maximum Gasteiger partial charge on any atom is 0.267 e. The maximum absolute atomic E-state index is 10.9. The number of anilines is 1. The largest absolute Gasteiger partial charge is 0.328 e. The van der Waals surface area contributed by atoms with E-state index in [0.717, 1.165) is 0 Å². The lowest BCUT2D eigenvalue weighted by Crippen LogP contribution is -2.03. The molecule has 2 N–H and O–H groups in total. The molecule has 0 atom stereocenters. The first kappa shape index (κ1) is 5.31. The SMILES string of the molecule is O=c1cc[nH]c2c1NOO2. The number of H-pyrrole nitrogens is 1. The molecule has 0 aliphatic carbocycles. The molecule has 1 aromatic heterocycles. The van der Waals surface area contributed by atoms with Gasteiger partial charge in [-0.2, -0.15) is 0 Å². The van der Waals surface area contributed by atoms with Gasteiger partial charge in [0, 0.05) is 12.3 Å². The highest BCUT2D eigenvalue weighted by Crippen LogP contribution is 2.20. The van der Waals surface area contributed by atoms with Crippen LogP contribution in [0.5, 0.6) is 5.88 Å². The number of hydrogen-bond donors (Lipinski definition) is 2. The highest BCUT2D eigenvalue weighted by atomic mass is 17.3. The van der Waals surface area contributed by atoms with Crippen LogP contribution in [0.1, 0.15) is 0 Å². The molecule has 1 aliphatic rings. The predicted molar refractivity (Wildman–Crippen MR) is 32.4 cm³/mol. The fourth-order valence-electron chi connectivity index (χ4n) is 0.727. The Morgan fingerprint density at radius 2 is 2.40 bits per heavy atom. The highest BCUT2D eigenvalue weighted by Gasteiger charge is 2.15. The van der Waals surface area contributed by atoms with Crippen molar-refractivity contribution in [3.8, 4) is 5.88 Å². The molecule has 0 saturated carbocycles. The minimum absolute atomic E-state index is 0.161. The molecular weight excluding hydrogens is 136 g/mol. The second kappa shape index (κ2) is 1.74. The van der Waals surface area contributed by atoms with Crippen molar-refractivity contribution >= 4 is 5.69 Å². The summed E-state index contributed by atoms with van der Waals surface area (Å²) >= 11 is 0. The molecule has 0 spiro atoms. The Labute approximate surface area is 55.5 Å². The quantitative estimate of drug-likeness (QED) is 0.499. The van der Waals surface area contributed by atoms with Gasteiger partial charge in [0.1, 0.15) is 0 Å². The molecule has 0 bridgehead atoms. The van der Waals surface area contributed by atoms with Gasteiger partial charge in [0.05, 0.1) is 0 Å². The average molecular weight is 140 g/mol. The van der Waals surface area contributed by atoms with Crippen LogP contribution in [-0.4, -0.2) is 4.98 Å². The number of aromatic amines is 1. The summed E-state index contributed by atoms with van der Waals surface area (Å²) in [6.07, 6.45) is 1.48. The second-order valence-electron chi connectivity index (χ2n) is 1.81. The summed E-state index contributed by atoms with van der Waals surface area (Å²) in [4.78, 5) is 22.4. The Bertz CT molecular complexity index is 306. The zero-order chi connectivity index (χ0) is 6.97. The van der Waals surface area contributed by atoms with Crippen molar-refractivity contribution in [2.24, 2.45) is 0 Å². The molecule has 0 fully saturated rings. The van der Waals surface area contributed by atoms with Crippen molar-refractivity contribution in [2.45, 2.75) is 0 Å². The van der Waals surface area contributed by atoms with Gasteiger partial charge in [-0.25, -0.2) is 5.48 Å². The van der Waals surface area contributed by atoms with Crippen molar-refractivity contribution in [3.05, 3.63) is 22.5 Å². The van der Waals surface area contributed by atoms with Crippen LogP contribution in [0.3, 0.4) is 0 Å². The van der Waals surface area contributed by atoms with Gasteiger partial charge in [-0.05, 0) is 0 Å². The maximum atomic E-state index is 10.9. The van der Waals surface area contributed by atoms with Gasteiger partial charge in [-0.3, -0.25) is 9.68 Å². The third-order valence-corrected chi connectivity index (χ3v) is 1.19.